The lowest BCUT2D eigenvalue weighted by Crippen LogP contribution is -2.25. The van der Waals surface area contributed by atoms with Crippen LogP contribution in [0, 0.1) is 28.6 Å². The smallest absolute Gasteiger partial charge is 0.00171 e. The third-order valence-corrected chi connectivity index (χ3v) is 4.49. The van der Waals surface area contributed by atoms with Gasteiger partial charge in [0.1, 0.15) is 0 Å². The summed E-state index contributed by atoms with van der Waals surface area (Å²) in [6.07, 6.45) is 2.75. The van der Waals surface area contributed by atoms with E-state index in [0.717, 1.165) is 17.8 Å². The van der Waals surface area contributed by atoms with Crippen molar-refractivity contribution in [3.05, 3.63) is 0 Å². The van der Waals surface area contributed by atoms with Crippen LogP contribution in [0.3, 0.4) is 0 Å². The first-order valence-corrected chi connectivity index (χ1v) is 7.30. The van der Waals surface area contributed by atoms with E-state index in [1.165, 1.54) is 25.9 Å². The van der Waals surface area contributed by atoms with Gasteiger partial charge in [-0.2, -0.15) is 0 Å². The minimum atomic E-state index is 0.453. The predicted octanol–water partition coefficient (Wildman–Crippen LogP) is 4.33. The van der Waals surface area contributed by atoms with Crippen LogP contribution in [0.2, 0.25) is 0 Å². The van der Waals surface area contributed by atoms with Crippen LogP contribution in [-0.2, 0) is 0 Å². The zero-order chi connectivity index (χ0) is 13.3. The van der Waals surface area contributed by atoms with Gasteiger partial charge < -0.3 is 5.32 Å². The second kappa shape index (κ2) is 5.30. The fourth-order valence-electron chi connectivity index (χ4n) is 2.90. The molecule has 1 rings (SSSR count). The molecular weight excluding hydrogens is 206 g/mol. The molecule has 17 heavy (non-hydrogen) atoms. The Morgan fingerprint density at radius 2 is 1.53 bits per heavy atom. The fourth-order valence-corrected chi connectivity index (χ4v) is 2.90. The predicted molar refractivity (Wildman–Crippen MR) is 77.2 cm³/mol. The molecule has 0 bridgehead atoms. The number of nitrogens with one attached hydrogen (secondary N) is 1. The molecule has 1 saturated heterocycles. The first-order valence-electron chi connectivity index (χ1n) is 7.30. The monoisotopic (exact) mass is 239 g/mol. The van der Waals surface area contributed by atoms with Gasteiger partial charge in [-0.1, -0.05) is 48.5 Å². The van der Waals surface area contributed by atoms with Gasteiger partial charge in [0.05, 0.1) is 0 Å². The van der Waals surface area contributed by atoms with Crippen LogP contribution >= 0.6 is 0 Å². The second-order valence-electron chi connectivity index (χ2n) is 8.45. The molecule has 1 nitrogen and oxygen atoms in total. The third kappa shape index (κ3) is 4.99. The maximum absolute atomic E-state index is 3.60. The van der Waals surface area contributed by atoms with E-state index in [4.69, 9.17) is 0 Å². The van der Waals surface area contributed by atoms with E-state index >= 15 is 0 Å². The van der Waals surface area contributed by atoms with Gasteiger partial charge in [0.2, 0.25) is 0 Å². The van der Waals surface area contributed by atoms with Crippen molar-refractivity contribution in [3.8, 4) is 0 Å². The Labute approximate surface area is 109 Å². The maximum Gasteiger partial charge on any atom is -0.00171 e. The minimum Gasteiger partial charge on any atom is -0.316 e. The van der Waals surface area contributed by atoms with E-state index in [0.29, 0.717) is 10.8 Å². The largest absolute Gasteiger partial charge is 0.316 e. The molecule has 1 aliphatic heterocycles. The van der Waals surface area contributed by atoms with Crippen molar-refractivity contribution >= 4 is 0 Å². The van der Waals surface area contributed by atoms with Gasteiger partial charge >= 0.3 is 0 Å². The van der Waals surface area contributed by atoms with E-state index in [2.05, 4.69) is 53.8 Å². The van der Waals surface area contributed by atoms with Crippen molar-refractivity contribution in [2.45, 2.75) is 61.3 Å². The Hall–Kier alpha value is -0.0400. The molecule has 0 radical (unpaired) electrons. The molecule has 0 aromatic rings. The molecule has 0 aromatic heterocycles. The standard InChI is InChI=1S/C16H33N/c1-12(16(5,6)7)8-13-10-17-11-14(13)9-15(2,3)4/h12-14,17H,8-11H2,1-7H3. The fraction of sp³-hybridized carbons (Fsp3) is 1.00. The molecule has 102 valence electrons. The van der Waals surface area contributed by atoms with Crippen molar-refractivity contribution in [1.82, 2.24) is 5.32 Å². The molecule has 0 aliphatic carbocycles. The molecule has 0 spiro atoms. The Bertz CT molecular complexity index is 231. The lowest BCUT2D eigenvalue weighted by Gasteiger charge is -2.33. The number of rotatable bonds is 3. The second-order valence-corrected chi connectivity index (χ2v) is 8.45. The van der Waals surface area contributed by atoms with E-state index in [1.807, 2.05) is 0 Å². The minimum absolute atomic E-state index is 0.453. The Morgan fingerprint density at radius 3 is 2.00 bits per heavy atom. The van der Waals surface area contributed by atoms with Crippen LogP contribution in [-0.4, -0.2) is 13.1 Å². The van der Waals surface area contributed by atoms with Gasteiger partial charge in [0, 0.05) is 0 Å². The summed E-state index contributed by atoms with van der Waals surface area (Å²) in [6.45, 7) is 19.1. The molecule has 1 aliphatic rings. The molecule has 3 atom stereocenters. The van der Waals surface area contributed by atoms with Crippen LogP contribution < -0.4 is 5.32 Å². The summed E-state index contributed by atoms with van der Waals surface area (Å²) in [5.41, 5.74) is 0.925. The lowest BCUT2D eigenvalue weighted by molar-refractivity contribution is 0.180. The van der Waals surface area contributed by atoms with Gasteiger partial charge in [-0.15, -0.1) is 0 Å². The maximum atomic E-state index is 3.60. The number of hydrogen-bond donors (Lipinski definition) is 1. The topological polar surface area (TPSA) is 12.0 Å². The molecular formula is C16H33N. The highest BCUT2D eigenvalue weighted by Crippen LogP contribution is 2.38. The van der Waals surface area contributed by atoms with Gasteiger partial charge in [0.25, 0.3) is 0 Å². The van der Waals surface area contributed by atoms with Crippen LogP contribution in [0.5, 0.6) is 0 Å². The van der Waals surface area contributed by atoms with Crippen molar-refractivity contribution in [1.29, 1.82) is 0 Å². The zero-order valence-electron chi connectivity index (χ0n) is 13.1. The van der Waals surface area contributed by atoms with Gasteiger partial charge in [-0.05, 0) is 54.5 Å². The highest BCUT2D eigenvalue weighted by Gasteiger charge is 2.33. The molecule has 1 heterocycles. The van der Waals surface area contributed by atoms with Crippen molar-refractivity contribution in [3.63, 3.8) is 0 Å². The quantitative estimate of drug-likeness (QED) is 0.773. The van der Waals surface area contributed by atoms with Gasteiger partial charge in [0.15, 0.2) is 0 Å². The zero-order valence-corrected chi connectivity index (χ0v) is 13.1. The first kappa shape index (κ1) is 15.0. The number of hydrogen-bond acceptors (Lipinski definition) is 1. The average molecular weight is 239 g/mol. The lowest BCUT2D eigenvalue weighted by atomic mass is 9.72. The SMILES string of the molecule is CC(CC1CNCC1CC(C)(C)C)C(C)(C)C. The summed E-state index contributed by atoms with van der Waals surface area (Å²) in [7, 11) is 0. The van der Waals surface area contributed by atoms with Crippen molar-refractivity contribution in [2.75, 3.05) is 13.1 Å². The van der Waals surface area contributed by atoms with Gasteiger partial charge in [-0.3, -0.25) is 0 Å². The highest BCUT2D eigenvalue weighted by atomic mass is 14.9. The summed E-state index contributed by atoms with van der Waals surface area (Å²) in [6, 6.07) is 0. The molecule has 3 unspecified atom stereocenters. The third-order valence-electron chi connectivity index (χ3n) is 4.49. The Kier molecular flexibility index (Phi) is 4.68. The average Bonchev–Trinajstić information content (AvgIpc) is 2.48. The van der Waals surface area contributed by atoms with Crippen molar-refractivity contribution in [2.24, 2.45) is 28.6 Å². The molecule has 1 N–H and O–H groups in total. The summed E-state index contributed by atoms with van der Waals surface area (Å²) >= 11 is 0. The first-order chi connectivity index (χ1) is 7.59. The van der Waals surface area contributed by atoms with Crippen LogP contribution in [0.1, 0.15) is 61.3 Å². The normalized spacial score (nSPS) is 28.4. The Morgan fingerprint density at radius 1 is 1.00 bits per heavy atom. The van der Waals surface area contributed by atoms with Gasteiger partial charge in [-0.25, -0.2) is 0 Å². The molecule has 0 saturated carbocycles. The van der Waals surface area contributed by atoms with E-state index < -0.39 is 0 Å². The summed E-state index contributed by atoms with van der Waals surface area (Å²) < 4.78 is 0. The molecule has 1 heteroatoms. The molecule has 1 fully saturated rings. The van der Waals surface area contributed by atoms with E-state index in [9.17, 15) is 0 Å². The summed E-state index contributed by atoms with van der Waals surface area (Å²) in [4.78, 5) is 0. The Balaban J connectivity index is 2.53. The van der Waals surface area contributed by atoms with Crippen LogP contribution in [0.25, 0.3) is 0 Å². The van der Waals surface area contributed by atoms with Crippen molar-refractivity contribution < 1.29 is 0 Å². The summed E-state index contributed by atoms with van der Waals surface area (Å²) in [5.74, 6) is 2.60. The molecule has 0 amide bonds. The van der Waals surface area contributed by atoms with E-state index in [-0.39, 0.29) is 0 Å². The van der Waals surface area contributed by atoms with Crippen LogP contribution in [0.4, 0.5) is 0 Å². The van der Waals surface area contributed by atoms with Crippen LogP contribution in [0.15, 0.2) is 0 Å². The van der Waals surface area contributed by atoms with E-state index in [1.54, 1.807) is 0 Å². The molecule has 0 aromatic carbocycles. The highest BCUT2D eigenvalue weighted by molar-refractivity contribution is 4.86. The summed E-state index contributed by atoms with van der Waals surface area (Å²) in [5, 5.41) is 3.60.